The van der Waals surface area contributed by atoms with Crippen LogP contribution in [0.25, 0.3) is 0 Å². The molecule has 1 aromatic heterocycles. The van der Waals surface area contributed by atoms with Crippen molar-refractivity contribution < 1.29 is 22.3 Å². The molecule has 1 atom stereocenters. The Hall–Kier alpha value is -3.06. The minimum atomic E-state index is -2.83. The average molecular weight is 592 g/mol. The number of hydrogen-bond donors (Lipinski definition) is 1. The Morgan fingerprint density at radius 1 is 1.08 bits per heavy atom. The fourth-order valence-corrected chi connectivity index (χ4v) is 5.07. The van der Waals surface area contributed by atoms with Crippen molar-refractivity contribution in [3.8, 4) is 0 Å². The molecule has 186 valence electrons. The molecule has 1 N–H and O–H groups in total. The van der Waals surface area contributed by atoms with E-state index in [0.717, 1.165) is 33.7 Å². The molecule has 1 amide bonds. The van der Waals surface area contributed by atoms with Gasteiger partial charge in [0.2, 0.25) is 0 Å². The summed E-state index contributed by atoms with van der Waals surface area (Å²) in [7, 11) is 0. The highest BCUT2D eigenvalue weighted by molar-refractivity contribution is 9.10. The molecule has 0 aliphatic rings. The highest BCUT2D eigenvalue weighted by Crippen LogP contribution is 2.34. The average Bonchev–Trinajstić information content (AvgIpc) is 3.28. The first-order valence-electron chi connectivity index (χ1n) is 10.6. The predicted molar refractivity (Wildman–Crippen MR) is 137 cm³/mol. The van der Waals surface area contributed by atoms with Crippen LogP contribution in [-0.4, -0.2) is 30.0 Å². The molecule has 4 aromatic rings. The van der Waals surface area contributed by atoms with E-state index in [0.29, 0.717) is 16.6 Å². The molecule has 0 spiro atoms. The Bertz CT molecular complexity index is 1410. The summed E-state index contributed by atoms with van der Waals surface area (Å²) in [6, 6.07) is 17.2. The van der Waals surface area contributed by atoms with Gasteiger partial charge in [-0.15, -0.1) is 0 Å². The van der Waals surface area contributed by atoms with Gasteiger partial charge < -0.3 is 9.87 Å². The predicted octanol–water partition coefficient (Wildman–Crippen LogP) is 5.07. The number of nitrogens with zero attached hydrogens (tertiary/aromatic N) is 3. The SMILES string of the molecule is O=C(NCCc1ccc(F)cc1F)c1ccc(Br)cc1N(c1nsnc1Cc1ccccc1)S(=O)[O-]. The van der Waals surface area contributed by atoms with Crippen LogP contribution in [0.4, 0.5) is 20.3 Å². The van der Waals surface area contributed by atoms with Gasteiger partial charge in [0.05, 0.1) is 34.2 Å². The van der Waals surface area contributed by atoms with Gasteiger partial charge in [-0.2, -0.15) is 8.75 Å². The number of halogens is 3. The van der Waals surface area contributed by atoms with Crippen molar-refractivity contribution in [1.82, 2.24) is 14.1 Å². The molecular weight excluding hydrogens is 574 g/mol. The number of hydrogen-bond acceptors (Lipinski definition) is 6. The molecule has 1 heterocycles. The molecule has 0 saturated heterocycles. The molecule has 0 radical (unpaired) electrons. The number of benzene rings is 3. The molecule has 0 saturated carbocycles. The van der Waals surface area contributed by atoms with Crippen LogP contribution >= 0.6 is 27.7 Å². The van der Waals surface area contributed by atoms with Gasteiger partial charge in [-0.25, -0.2) is 8.78 Å². The summed E-state index contributed by atoms with van der Waals surface area (Å²) in [5.74, 6) is -1.86. The molecule has 0 aliphatic carbocycles. The van der Waals surface area contributed by atoms with E-state index in [4.69, 9.17) is 0 Å². The third-order valence-electron chi connectivity index (χ3n) is 5.21. The van der Waals surface area contributed by atoms with Crippen molar-refractivity contribution in [3.63, 3.8) is 0 Å². The Labute approximate surface area is 221 Å². The van der Waals surface area contributed by atoms with E-state index < -0.39 is 28.8 Å². The van der Waals surface area contributed by atoms with Crippen LogP contribution in [-0.2, 0) is 24.1 Å². The van der Waals surface area contributed by atoms with E-state index in [-0.39, 0.29) is 35.6 Å². The normalized spacial score (nSPS) is 11.8. The fraction of sp³-hybridized carbons (Fsp3) is 0.125. The Morgan fingerprint density at radius 2 is 1.86 bits per heavy atom. The second-order valence-electron chi connectivity index (χ2n) is 7.61. The number of carbonyl (C=O) groups is 1. The summed E-state index contributed by atoms with van der Waals surface area (Å²) in [5.41, 5.74) is 1.75. The maximum absolute atomic E-state index is 13.9. The highest BCUT2D eigenvalue weighted by Gasteiger charge is 2.24. The number of carbonyl (C=O) groups excluding carboxylic acids is 1. The van der Waals surface area contributed by atoms with Gasteiger partial charge in [0, 0.05) is 23.5 Å². The number of anilines is 2. The minimum Gasteiger partial charge on any atom is -0.755 e. The van der Waals surface area contributed by atoms with Gasteiger partial charge in [-0.1, -0.05) is 52.3 Å². The van der Waals surface area contributed by atoms with Gasteiger partial charge >= 0.3 is 0 Å². The Kier molecular flexibility index (Phi) is 8.52. The number of nitrogens with one attached hydrogen (secondary N) is 1. The summed E-state index contributed by atoms with van der Waals surface area (Å²) in [4.78, 5) is 13.0. The zero-order valence-corrected chi connectivity index (χ0v) is 21.7. The van der Waals surface area contributed by atoms with E-state index in [1.165, 1.54) is 18.2 Å². The summed E-state index contributed by atoms with van der Waals surface area (Å²) < 4.78 is 61.8. The quantitative estimate of drug-likeness (QED) is 0.274. The lowest BCUT2D eigenvalue weighted by Crippen LogP contribution is -2.29. The monoisotopic (exact) mass is 591 g/mol. The largest absolute Gasteiger partial charge is 0.755 e. The van der Waals surface area contributed by atoms with E-state index in [2.05, 4.69) is 30.0 Å². The van der Waals surface area contributed by atoms with E-state index in [1.807, 2.05) is 30.3 Å². The minimum absolute atomic E-state index is 0.0505. The fourth-order valence-electron chi connectivity index (χ4n) is 3.52. The number of amides is 1. The molecule has 1 unspecified atom stereocenters. The Morgan fingerprint density at radius 3 is 2.58 bits per heavy atom. The molecule has 0 aliphatic heterocycles. The molecule has 7 nitrogen and oxygen atoms in total. The third kappa shape index (κ3) is 6.19. The van der Waals surface area contributed by atoms with Gasteiger partial charge in [0.1, 0.15) is 17.3 Å². The molecule has 0 bridgehead atoms. The summed E-state index contributed by atoms with van der Waals surface area (Å²) in [6.45, 7) is 0.0505. The molecular formula is C24H18BrF2N4O3S2-. The van der Waals surface area contributed by atoms with Crippen LogP contribution in [0.5, 0.6) is 0 Å². The number of aromatic nitrogens is 2. The maximum atomic E-state index is 13.9. The standard InChI is InChI=1S/C24H19BrF2N4O3S2/c25-17-7-9-19(24(32)28-11-10-16-6-8-18(26)14-20(16)27)22(13-17)31(36(33)34)23-21(29-35-30-23)12-15-4-2-1-3-5-15/h1-9,13-14H,10-12H2,(H,28,32)(H,33,34)/p-1. The van der Waals surface area contributed by atoms with Crippen molar-refractivity contribution in [2.45, 2.75) is 12.8 Å². The molecule has 12 heteroatoms. The first kappa shape index (κ1) is 26.0. The van der Waals surface area contributed by atoms with E-state index in [9.17, 15) is 22.3 Å². The van der Waals surface area contributed by atoms with Gasteiger partial charge in [-0.05, 0) is 41.8 Å². The lowest BCUT2D eigenvalue weighted by molar-refractivity contribution is 0.0954. The van der Waals surface area contributed by atoms with Crippen LogP contribution in [0.1, 0.15) is 27.2 Å². The first-order valence-corrected chi connectivity index (χ1v) is 13.2. The molecule has 0 fully saturated rings. The summed E-state index contributed by atoms with van der Waals surface area (Å²) >= 11 is 1.37. The number of rotatable bonds is 9. The van der Waals surface area contributed by atoms with E-state index >= 15 is 0 Å². The Balaban J connectivity index is 1.60. The third-order valence-corrected chi connectivity index (χ3v) is 6.93. The van der Waals surface area contributed by atoms with Crippen molar-refractivity contribution in [2.24, 2.45) is 0 Å². The topological polar surface area (TPSA) is 98.2 Å². The molecule has 4 rings (SSSR count). The van der Waals surface area contributed by atoms with Gasteiger partial charge in [-0.3, -0.25) is 13.3 Å². The molecule has 36 heavy (non-hydrogen) atoms. The zero-order valence-electron chi connectivity index (χ0n) is 18.5. The van der Waals surface area contributed by atoms with Crippen molar-refractivity contribution >= 4 is 56.3 Å². The second-order valence-corrected chi connectivity index (χ2v) is 9.85. The van der Waals surface area contributed by atoms with Crippen molar-refractivity contribution in [3.05, 3.63) is 105 Å². The van der Waals surface area contributed by atoms with Crippen molar-refractivity contribution in [2.75, 3.05) is 10.8 Å². The highest BCUT2D eigenvalue weighted by atomic mass is 79.9. The zero-order chi connectivity index (χ0) is 25.7. The smallest absolute Gasteiger partial charge is 0.253 e. The van der Waals surface area contributed by atoms with Crippen LogP contribution in [0.15, 0.2) is 71.2 Å². The first-order chi connectivity index (χ1) is 17.3. The summed E-state index contributed by atoms with van der Waals surface area (Å²) in [5, 5.41) is 2.67. The van der Waals surface area contributed by atoms with Crippen LogP contribution < -0.4 is 9.62 Å². The summed E-state index contributed by atoms with van der Waals surface area (Å²) in [6.07, 6.45) is 0.470. The lowest BCUT2D eigenvalue weighted by atomic mass is 10.1. The van der Waals surface area contributed by atoms with Gasteiger partial charge in [0.15, 0.2) is 5.82 Å². The molecule has 3 aromatic carbocycles. The van der Waals surface area contributed by atoms with Crippen molar-refractivity contribution in [1.29, 1.82) is 0 Å². The van der Waals surface area contributed by atoms with Crippen LogP contribution in [0.2, 0.25) is 0 Å². The lowest BCUT2D eigenvalue weighted by Gasteiger charge is -2.27. The van der Waals surface area contributed by atoms with Crippen LogP contribution in [0.3, 0.4) is 0 Å². The van der Waals surface area contributed by atoms with Gasteiger partial charge in [0.25, 0.3) is 5.91 Å². The van der Waals surface area contributed by atoms with E-state index in [1.54, 1.807) is 6.07 Å². The second kappa shape index (κ2) is 11.8. The maximum Gasteiger partial charge on any atom is 0.253 e. The van der Waals surface area contributed by atoms with Crippen LogP contribution in [0, 0.1) is 11.6 Å².